The van der Waals surface area contributed by atoms with E-state index >= 15 is 0 Å². The maximum atomic E-state index is 11.4. The van der Waals surface area contributed by atoms with E-state index < -0.39 is 11.6 Å². The van der Waals surface area contributed by atoms with Gasteiger partial charge < -0.3 is 10.2 Å². The number of aliphatic hydroxyl groups is 1. The Hall–Kier alpha value is -2.13. The van der Waals surface area contributed by atoms with Crippen LogP contribution in [0.4, 0.5) is 0 Å². The molecule has 2 aromatic carbocycles. The summed E-state index contributed by atoms with van der Waals surface area (Å²) in [5.74, 6) is -1.28. The first kappa shape index (κ1) is 32.9. The minimum absolute atomic E-state index is 0.346. The Labute approximate surface area is 227 Å². The molecule has 0 radical (unpaired) electrons. The largest absolute Gasteiger partial charge is 0.479 e. The van der Waals surface area contributed by atoms with Gasteiger partial charge in [-0.3, -0.25) is 0 Å². The quantitative estimate of drug-likeness (QED) is 0.174. The zero-order valence-corrected chi connectivity index (χ0v) is 23.8. The van der Waals surface area contributed by atoms with Gasteiger partial charge in [-0.15, -0.1) is 0 Å². The van der Waals surface area contributed by atoms with E-state index in [4.69, 9.17) is 0 Å². The summed E-state index contributed by atoms with van der Waals surface area (Å²) in [5.41, 5.74) is -1.31. The maximum Gasteiger partial charge on any atom is 0.345 e. The predicted octanol–water partition coefficient (Wildman–Crippen LogP) is 10.1. The van der Waals surface area contributed by atoms with Crippen molar-refractivity contribution >= 4 is 5.97 Å². The molecule has 2 rings (SSSR count). The highest BCUT2D eigenvalue weighted by Crippen LogP contribution is 2.29. The van der Waals surface area contributed by atoms with Gasteiger partial charge in [0.05, 0.1) is 0 Å². The SMILES string of the molecule is CCCCCCCCCCCCCCCCCCCC.O=C(O)C(O)(c1ccccc1)c1ccccc1. The molecule has 0 aromatic heterocycles. The van der Waals surface area contributed by atoms with Gasteiger partial charge in [0.2, 0.25) is 5.60 Å². The third kappa shape index (κ3) is 14.4. The highest BCUT2D eigenvalue weighted by molar-refractivity contribution is 5.83. The number of carboxylic acid groups (broad SMARTS) is 1. The molecule has 0 spiro atoms. The molecule has 0 aliphatic rings. The van der Waals surface area contributed by atoms with Gasteiger partial charge in [-0.2, -0.15) is 0 Å². The lowest BCUT2D eigenvalue weighted by Crippen LogP contribution is -2.36. The van der Waals surface area contributed by atoms with Crippen molar-refractivity contribution in [3.8, 4) is 0 Å². The van der Waals surface area contributed by atoms with Crippen LogP contribution in [0, 0.1) is 0 Å². The Morgan fingerprint density at radius 2 is 0.757 bits per heavy atom. The number of benzene rings is 2. The van der Waals surface area contributed by atoms with E-state index in [0.717, 1.165) is 0 Å². The molecule has 0 unspecified atom stereocenters. The fraction of sp³-hybridized carbons (Fsp3) is 0.618. The fourth-order valence-electron chi connectivity index (χ4n) is 4.75. The molecule has 0 saturated heterocycles. The molecule has 0 heterocycles. The van der Waals surface area contributed by atoms with Crippen LogP contribution in [-0.4, -0.2) is 16.2 Å². The Kier molecular flexibility index (Phi) is 19.5. The first-order valence-electron chi connectivity index (χ1n) is 15.1. The van der Waals surface area contributed by atoms with Crippen molar-refractivity contribution in [2.45, 2.75) is 135 Å². The molecule has 3 nitrogen and oxygen atoms in total. The predicted molar refractivity (Wildman–Crippen MR) is 158 cm³/mol. The highest BCUT2D eigenvalue weighted by Gasteiger charge is 2.39. The van der Waals surface area contributed by atoms with Gasteiger partial charge in [0.15, 0.2) is 0 Å². The summed E-state index contributed by atoms with van der Waals surface area (Å²) in [6.45, 7) is 4.59. The molecule has 37 heavy (non-hydrogen) atoms. The van der Waals surface area contributed by atoms with E-state index in [1.165, 1.54) is 116 Å². The summed E-state index contributed by atoms with van der Waals surface area (Å²) in [6.07, 6.45) is 26.4. The van der Waals surface area contributed by atoms with E-state index in [0.29, 0.717) is 11.1 Å². The molecule has 0 atom stereocenters. The van der Waals surface area contributed by atoms with Gasteiger partial charge in [-0.1, -0.05) is 190 Å². The van der Waals surface area contributed by atoms with Crippen molar-refractivity contribution < 1.29 is 15.0 Å². The molecule has 0 aliphatic carbocycles. The average Bonchev–Trinajstić information content (AvgIpc) is 2.93. The number of carbonyl (C=O) groups is 1. The van der Waals surface area contributed by atoms with Crippen LogP contribution < -0.4 is 0 Å². The first-order valence-corrected chi connectivity index (χ1v) is 15.1. The summed E-state index contributed by atoms with van der Waals surface area (Å²) >= 11 is 0. The molecule has 0 amide bonds. The molecule has 0 fully saturated rings. The lowest BCUT2D eigenvalue weighted by atomic mass is 9.86. The third-order valence-electron chi connectivity index (χ3n) is 7.15. The monoisotopic (exact) mass is 510 g/mol. The van der Waals surface area contributed by atoms with Crippen LogP contribution in [-0.2, 0) is 10.4 Å². The van der Waals surface area contributed by atoms with Crippen LogP contribution in [0.15, 0.2) is 60.7 Å². The standard InChI is InChI=1S/C20H42.C14H12O3/c1-3-5-7-9-11-13-15-17-19-20-18-16-14-12-10-8-6-4-2;15-13(16)14(17,11-7-3-1-4-8-11)12-9-5-2-6-10-12/h3-20H2,1-2H3;1-10,17H,(H,15,16). The van der Waals surface area contributed by atoms with E-state index in [2.05, 4.69) is 13.8 Å². The molecular formula is C34H54O3. The van der Waals surface area contributed by atoms with Gasteiger partial charge in [0.1, 0.15) is 0 Å². The van der Waals surface area contributed by atoms with Gasteiger partial charge >= 0.3 is 5.97 Å². The fourth-order valence-corrected chi connectivity index (χ4v) is 4.75. The first-order chi connectivity index (χ1) is 18.1. The van der Waals surface area contributed by atoms with Crippen molar-refractivity contribution in [3.63, 3.8) is 0 Å². The third-order valence-corrected chi connectivity index (χ3v) is 7.15. The Morgan fingerprint density at radius 3 is 0.973 bits per heavy atom. The number of rotatable bonds is 20. The summed E-state index contributed by atoms with van der Waals surface area (Å²) in [5, 5.41) is 19.7. The van der Waals surface area contributed by atoms with E-state index in [1.54, 1.807) is 60.7 Å². The van der Waals surface area contributed by atoms with Crippen LogP contribution in [0.3, 0.4) is 0 Å². The van der Waals surface area contributed by atoms with Gasteiger partial charge in [0, 0.05) is 0 Å². The van der Waals surface area contributed by atoms with E-state index in [-0.39, 0.29) is 0 Å². The number of hydrogen-bond donors (Lipinski definition) is 2. The topological polar surface area (TPSA) is 57.5 Å². The van der Waals surface area contributed by atoms with Crippen molar-refractivity contribution in [1.29, 1.82) is 0 Å². The Balaban J connectivity index is 0.000000373. The second-order valence-corrected chi connectivity index (χ2v) is 10.4. The summed E-state index contributed by atoms with van der Waals surface area (Å²) in [7, 11) is 0. The van der Waals surface area contributed by atoms with Crippen molar-refractivity contribution in [3.05, 3.63) is 71.8 Å². The Bertz CT molecular complexity index is 715. The number of carboxylic acids is 1. The van der Waals surface area contributed by atoms with Gasteiger partial charge in [-0.05, 0) is 11.1 Å². The molecule has 3 heteroatoms. The second-order valence-electron chi connectivity index (χ2n) is 10.4. The maximum absolute atomic E-state index is 11.4. The van der Waals surface area contributed by atoms with Crippen LogP contribution in [0.2, 0.25) is 0 Å². The van der Waals surface area contributed by atoms with E-state index in [9.17, 15) is 15.0 Å². The van der Waals surface area contributed by atoms with Gasteiger partial charge in [-0.25, -0.2) is 4.79 Å². The van der Waals surface area contributed by atoms with Gasteiger partial charge in [0.25, 0.3) is 0 Å². The summed E-state index contributed by atoms with van der Waals surface area (Å²) < 4.78 is 0. The number of unbranched alkanes of at least 4 members (excludes halogenated alkanes) is 17. The number of hydrogen-bond acceptors (Lipinski definition) is 2. The van der Waals surface area contributed by atoms with Crippen LogP contribution >= 0.6 is 0 Å². The lowest BCUT2D eigenvalue weighted by Gasteiger charge is -2.24. The lowest BCUT2D eigenvalue weighted by molar-refractivity contribution is -0.155. The van der Waals surface area contributed by atoms with Crippen molar-refractivity contribution in [2.75, 3.05) is 0 Å². The minimum atomic E-state index is -2.00. The molecule has 0 aliphatic heterocycles. The number of aliphatic carboxylic acids is 1. The van der Waals surface area contributed by atoms with E-state index in [1.807, 2.05) is 0 Å². The zero-order valence-electron chi connectivity index (χ0n) is 23.8. The molecule has 208 valence electrons. The van der Waals surface area contributed by atoms with Crippen LogP contribution in [0.5, 0.6) is 0 Å². The molecular weight excluding hydrogens is 456 g/mol. The second kappa shape index (κ2) is 21.9. The average molecular weight is 511 g/mol. The molecule has 0 saturated carbocycles. The van der Waals surface area contributed by atoms with Crippen molar-refractivity contribution in [2.24, 2.45) is 0 Å². The summed E-state index contributed by atoms with van der Waals surface area (Å²) in [4.78, 5) is 11.4. The molecule has 0 bridgehead atoms. The minimum Gasteiger partial charge on any atom is -0.479 e. The highest BCUT2D eigenvalue weighted by atomic mass is 16.4. The van der Waals surface area contributed by atoms with Crippen LogP contribution in [0.25, 0.3) is 0 Å². The zero-order chi connectivity index (χ0) is 27.0. The van der Waals surface area contributed by atoms with Crippen LogP contribution in [0.1, 0.15) is 141 Å². The molecule has 2 N–H and O–H groups in total. The normalized spacial score (nSPS) is 11.1. The smallest absolute Gasteiger partial charge is 0.345 e. The Morgan fingerprint density at radius 1 is 0.514 bits per heavy atom. The van der Waals surface area contributed by atoms with Crippen molar-refractivity contribution in [1.82, 2.24) is 0 Å². The molecule has 2 aromatic rings. The summed E-state index contributed by atoms with van der Waals surface area (Å²) in [6, 6.07) is 16.7.